The van der Waals surface area contributed by atoms with Crippen LogP contribution in [0.1, 0.15) is 38.1 Å². The van der Waals surface area contributed by atoms with Gasteiger partial charge in [-0.05, 0) is 19.1 Å². The van der Waals surface area contributed by atoms with Gasteiger partial charge in [0.2, 0.25) is 0 Å². The SMILES string of the molecule is CC.CC.Cc1cc2ncc(C#N)cc2s1. The minimum absolute atomic E-state index is 0.629. The fraction of sp³-hybridized carbons (Fsp3) is 0.385. The maximum atomic E-state index is 8.62. The molecular weight excluding hydrogens is 216 g/mol. The fourth-order valence-corrected chi connectivity index (χ4v) is 2.02. The van der Waals surface area contributed by atoms with Crippen LogP contribution in [0.15, 0.2) is 18.3 Å². The molecule has 86 valence electrons. The maximum Gasteiger partial charge on any atom is 0.101 e. The third-order valence-corrected chi connectivity index (χ3v) is 2.61. The lowest BCUT2D eigenvalue weighted by Gasteiger charge is -1.87. The lowest BCUT2D eigenvalue weighted by Crippen LogP contribution is -1.75. The molecule has 0 radical (unpaired) electrons. The van der Waals surface area contributed by atoms with Crippen molar-refractivity contribution in [2.75, 3.05) is 0 Å². The zero-order valence-electron chi connectivity index (χ0n) is 10.5. The third-order valence-electron chi connectivity index (χ3n) is 1.62. The molecule has 0 spiro atoms. The number of nitrogens with zero attached hydrogens (tertiary/aromatic N) is 2. The molecule has 2 aromatic rings. The summed E-state index contributed by atoms with van der Waals surface area (Å²) in [5.41, 5.74) is 1.61. The van der Waals surface area contributed by atoms with Crippen molar-refractivity contribution < 1.29 is 0 Å². The number of aryl methyl sites for hydroxylation is 1. The van der Waals surface area contributed by atoms with Crippen LogP contribution in [-0.4, -0.2) is 4.98 Å². The Morgan fingerprint density at radius 3 is 2.38 bits per heavy atom. The lowest BCUT2D eigenvalue weighted by atomic mass is 10.3. The van der Waals surface area contributed by atoms with E-state index >= 15 is 0 Å². The summed E-state index contributed by atoms with van der Waals surface area (Å²) in [7, 11) is 0. The zero-order valence-corrected chi connectivity index (χ0v) is 11.4. The summed E-state index contributed by atoms with van der Waals surface area (Å²) in [6, 6.07) is 5.98. The Morgan fingerprint density at radius 2 is 1.81 bits per heavy atom. The van der Waals surface area contributed by atoms with E-state index < -0.39 is 0 Å². The van der Waals surface area contributed by atoms with Crippen LogP contribution in [0.25, 0.3) is 10.2 Å². The highest BCUT2D eigenvalue weighted by atomic mass is 32.1. The number of fused-ring (bicyclic) bond motifs is 1. The van der Waals surface area contributed by atoms with Gasteiger partial charge in [0, 0.05) is 11.1 Å². The molecule has 2 nitrogen and oxygen atoms in total. The van der Waals surface area contributed by atoms with E-state index in [2.05, 4.69) is 11.1 Å². The average molecular weight is 234 g/mol. The number of hydrogen-bond acceptors (Lipinski definition) is 3. The van der Waals surface area contributed by atoms with E-state index in [0.29, 0.717) is 5.56 Å². The highest BCUT2D eigenvalue weighted by Crippen LogP contribution is 2.23. The lowest BCUT2D eigenvalue weighted by molar-refractivity contribution is 1.38. The average Bonchev–Trinajstić information content (AvgIpc) is 2.73. The molecule has 3 heteroatoms. The Morgan fingerprint density at radius 1 is 1.19 bits per heavy atom. The molecule has 2 rings (SSSR count). The first-order valence-electron chi connectivity index (χ1n) is 5.56. The molecule has 0 saturated heterocycles. The fourth-order valence-electron chi connectivity index (χ4n) is 1.10. The Hall–Kier alpha value is -1.40. The van der Waals surface area contributed by atoms with Crippen LogP contribution in [0.3, 0.4) is 0 Å². The minimum atomic E-state index is 0.629. The second-order valence-corrected chi connectivity index (χ2v) is 3.86. The van der Waals surface area contributed by atoms with Crippen LogP contribution < -0.4 is 0 Å². The number of hydrogen-bond donors (Lipinski definition) is 0. The molecule has 0 aliphatic rings. The van der Waals surface area contributed by atoms with Gasteiger partial charge in [-0.1, -0.05) is 27.7 Å². The van der Waals surface area contributed by atoms with Gasteiger partial charge in [-0.2, -0.15) is 5.26 Å². The Labute approximate surface area is 102 Å². The highest BCUT2D eigenvalue weighted by molar-refractivity contribution is 7.18. The first kappa shape index (κ1) is 14.6. The summed E-state index contributed by atoms with van der Waals surface area (Å²) >= 11 is 1.67. The van der Waals surface area contributed by atoms with Crippen molar-refractivity contribution in [2.45, 2.75) is 34.6 Å². The second kappa shape index (κ2) is 7.84. The molecule has 0 aliphatic carbocycles. The van der Waals surface area contributed by atoms with E-state index in [4.69, 9.17) is 5.26 Å². The van der Waals surface area contributed by atoms with Gasteiger partial charge in [0.15, 0.2) is 0 Å². The summed E-state index contributed by atoms with van der Waals surface area (Å²) in [5.74, 6) is 0. The largest absolute Gasteiger partial charge is 0.254 e. The Bertz CT molecular complexity index is 466. The summed E-state index contributed by atoms with van der Waals surface area (Å²) < 4.78 is 1.09. The molecule has 0 bridgehead atoms. The van der Waals surface area contributed by atoms with Crippen molar-refractivity contribution in [3.05, 3.63) is 28.8 Å². The van der Waals surface area contributed by atoms with Crippen molar-refractivity contribution in [1.82, 2.24) is 4.98 Å². The van der Waals surface area contributed by atoms with E-state index in [9.17, 15) is 0 Å². The number of pyridine rings is 1. The summed E-state index contributed by atoms with van der Waals surface area (Å²) in [5, 5.41) is 8.62. The summed E-state index contributed by atoms with van der Waals surface area (Å²) in [4.78, 5) is 5.39. The molecule has 16 heavy (non-hydrogen) atoms. The summed E-state index contributed by atoms with van der Waals surface area (Å²) in [6.45, 7) is 10.0. The van der Waals surface area contributed by atoms with E-state index in [1.807, 2.05) is 46.8 Å². The number of thiophene rings is 1. The monoisotopic (exact) mass is 234 g/mol. The Kier molecular flexibility index (Phi) is 7.15. The summed E-state index contributed by atoms with van der Waals surface area (Å²) in [6.07, 6.45) is 1.61. The van der Waals surface area contributed by atoms with Crippen LogP contribution in [0.4, 0.5) is 0 Å². The molecule has 2 aromatic heterocycles. The maximum absolute atomic E-state index is 8.62. The number of rotatable bonds is 0. The predicted octanol–water partition coefficient (Wildman–Crippen LogP) is 4.53. The van der Waals surface area contributed by atoms with Crippen LogP contribution in [0.5, 0.6) is 0 Å². The van der Waals surface area contributed by atoms with E-state index in [1.54, 1.807) is 17.5 Å². The normalized spacial score (nSPS) is 8.25. The van der Waals surface area contributed by atoms with Gasteiger partial charge in [-0.15, -0.1) is 11.3 Å². The predicted molar refractivity (Wildman–Crippen MR) is 71.8 cm³/mol. The van der Waals surface area contributed by atoms with Crippen molar-refractivity contribution in [2.24, 2.45) is 0 Å². The first-order valence-corrected chi connectivity index (χ1v) is 6.37. The number of nitriles is 1. The van der Waals surface area contributed by atoms with Crippen LogP contribution in [0.2, 0.25) is 0 Å². The molecule has 0 atom stereocenters. The van der Waals surface area contributed by atoms with Crippen LogP contribution in [-0.2, 0) is 0 Å². The van der Waals surface area contributed by atoms with Crippen molar-refractivity contribution in [3.8, 4) is 6.07 Å². The van der Waals surface area contributed by atoms with E-state index in [-0.39, 0.29) is 0 Å². The van der Waals surface area contributed by atoms with Crippen molar-refractivity contribution >= 4 is 21.6 Å². The molecule has 0 unspecified atom stereocenters. The van der Waals surface area contributed by atoms with E-state index in [0.717, 1.165) is 10.2 Å². The molecule has 0 saturated carbocycles. The van der Waals surface area contributed by atoms with Gasteiger partial charge in [0.1, 0.15) is 6.07 Å². The zero-order chi connectivity index (χ0) is 12.6. The van der Waals surface area contributed by atoms with Gasteiger partial charge in [0.05, 0.1) is 15.8 Å². The van der Waals surface area contributed by atoms with Crippen molar-refractivity contribution in [1.29, 1.82) is 5.26 Å². The standard InChI is InChI=1S/C9H6N2S.2C2H6/c1-6-2-8-9(12-6)3-7(4-10)5-11-8;2*1-2/h2-3,5H,1H3;2*1-2H3. The second-order valence-electron chi connectivity index (χ2n) is 2.58. The molecule has 0 amide bonds. The highest BCUT2D eigenvalue weighted by Gasteiger charge is 1.99. The third kappa shape index (κ3) is 3.63. The molecule has 0 N–H and O–H groups in total. The minimum Gasteiger partial charge on any atom is -0.254 e. The van der Waals surface area contributed by atoms with E-state index in [1.165, 1.54) is 4.88 Å². The van der Waals surface area contributed by atoms with Gasteiger partial charge >= 0.3 is 0 Å². The van der Waals surface area contributed by atoms with Gasteiger partial charge < -0.3 is 0 Å². The first-order chi connectivity index (χ1) is 7.79. The molecular formula is C13H18N2S. The van der Waals surface area contributed by atoms with Crippen LogP contribution in [0, 0.1) is 18.3 Å². The van der Waals surface area contributed by atoms with Gasteiger partial charge in [-0.3, -0.25) is 4.98 Å². The van der Waals surface area contributed by atoms with Gasteiger partial charge in [0.25, 0.3) is 0 Å². The quantitative estimate of drug-likeness (QED) is 0.671. The van der Waals surface area contributed by atoms with Crippen LogP contribution >= 0.6 is 11.3 Å². The molecule has 2 heterocycles. The topological polar surface area (TPSA) is 36.7 Å². The molecule has 0 fully saturated rings. The Balaban J connectivity index is 0.000000509. The van der Waals surface area contributed by atoms with Gasteiger partial charge in [-0.25, -0.2) is 0 Å². The smallest absolute Gasteiger partial charge is 0.101 e. The molecule has 0 aromatic carbocycles. The number of aromatic nitrogens is 1. The van der Waals surface area contributed by atoms with Crippen molar-refractivity contribution in [3.63, 3.8) is 0 Å². The molecule has 0 aliphatic heterocycles.